The van der Waals surface area contributed by atoms with Gasteiger partial charge in [0.2, 0.25) is 5.91 Å². The van der Waals surface area contributed by atoms with Gasteiger partial charge in [-0.15, -0.1) is 0 Å². The number of carbonyl (C=O) groups is 2. The van der Waals surface area contributed by atoms with Gasteiger partial charge in [0.05, 0.1) is 5.69 Å². The second-order valence-electron chi connectivity index (χ2n) is 5.73. The number of aromatic nitrogens is 2. The van der Waals surface area contributed by atoms with E-state index in [1.807, 2.05) is 19.9 Å². The molecule has 7 nitrogen and oxygen atoms in total. The van der Waals surface area contributed by atoms with E-state index in [0.29, 0.717) is 38.2 Å². The molecule has 0 aliphatic carbocycles. The number of amides is 2. The van der Waals surface area contributed by atoms with Gasteiger partial charge in [0.15, 0.2) is 0 Å². The molecule has 0 saturated carbocycles. The molecule has 7 heteroatoms. The minimum absolute atomic E-state index is 0.0833. The Morgan fingerprint density at radius 3 is 2.42 bits per heavy atom. The molecule has 1 N–H and O–H groups in total. The molecule has 0 radical (unpaired) electrons. The Balaban J connectivity index is 1.94. The Kier molecular flexibility index (Phi) is 7.08. The van der Waals surface area contributed by atoms with E-state index in [0.717, 1.165) is 0 Å². The van der Waals surface area contributed by atoms with E-state index in [2.05, 4.69) is 10.4 Å². The summed E-state index contributed by atoms with van der Waals surface area (Å²) in [7, 11) is 0. The summed E-state index contributed by atoms with van der Waals surface area (Å²) in [4.78, 5) is 37.9. The Bertz CT molecular complexity index is 798. The third kappa shape index (κ3) is 5.02. The average Bonchev–Trinajstić information content (AvgIpc) is 2.67. The molecule has 2 aromatic rings. The summed E-state index contributed by atoms with van der Waals surface area (Å²) in [6, 6.07) is 11.6. The third-order valence-electron chi connectivity index (χ3n) is 4.00. The number of nitrogens with one attached hydrogen (secondary N) is 1. The van der Waals surface area contributed by atoms with Gasteiger partial charge < -0.3 is 10.2 Å². The Labute approximate surface area is 152 Å². The number of hydrogen-bond donors (Lipinski definition) is 1. The Hall–Kier alpha value is -2.96. The number of hydrogen-bond acceptors (Lipinski definition) is 4. The van der Waals surface area contributed by atoms with Gasteiger partial charge in [-0.3, -0.25) is 14.4 Å². The quantitative estimate of drug-likeness (QED) is 0.728. The van der Waals surface area contributed by atoms with Crippen LogP contribution in [0.3, 0.4) is 0 Å². The second-order valence-corrected chi connectivity index (χ2v) is 5.73. The topological polar surface area (TPSA) is 84.3 Å². The van der Waals surface area contributed by atoms with Crippen LogP contribution in [0.2, 0.25) is 0 Å². The van der Waals surface area contributed by atoms with Crippen LogP contribution in [0.15, 0.2) is 47.3 Å². The SMILES string of the molecule is CCN(CC)C(=O)CCCNC(=O)c1ccc(=O)n(-c2ccccc2)n1. The smallest absolute Gasteiger partial charge is 0.271 e. The van der Waals surface area contributed by atoms with E-state index in [4.69, 9.17) is 0 Å². The average molecular weight is 356 g/mol. The number of carbonyl (C=O) groups excluding carboxylic acids is 2. The molecular formula is C19H24N4O3. The molecule has 0 atom stereocenters. The Morgan fingerprint density at radius 1 is 1.08 bits per heavy atom. The molecule has 1 aromatic carbocycles. The Morgan fingerprint density at radius 2 is 1.77 bits per heavy atom. The summed E-state index contributed by atoms with van der Waals surface area (Å²) in [5.41, 5.74) is 0.443. The largest absolute Gasteiger partial charge is 0.351 e. The predicted octanol–water partition coefficient (Wildman–Crippen LogP) is 1.61. The first-order valence-corrected chi connectivity index (χ1v) is 8.78. The number of rotatable bonds is 8. The van der Waals surface area contributed by atoms with E-state index in [1.54, 1.807) is 29.2 Å². The lowest BCUT2D eigenvalue weighted by molar-refractivity contribution is -0.130. The molecule has 0 spiro atoms. The fraction of sp³-hybridized carbons (Fsp3) is 0.368. The van der Waals surface area contributed by atoms with E-state index < -0.39 is 0 Å². The lowest BCUT2D eigenvalue weighted by Crippen LogP contribution is -2.32. The highest BCUT2D eigenvalue weighted by Crippen LogP contribution is 2.03. The maximum absolute atomic E-state index is 12.2. The highest BCUT2D eigenvalue weighted by molar-refractivity contribution is 5.92. The van der Waals surface area contributed by atoms with E-state index >= 15 is 0 Å². The van der Waals surface area contributed by atoms with Gasteiger partial charge in [-0.2, -0.15) is 9.78 Å². The molecule has 0 saturated heterocycles. The van der Waals surface area contributed by atoms with Crippen LogP contribution in [0, 0.1) is 0 Å². The lowest BCUT2D eigenvalue weighted by Gasteiger charge is -2.18. The van der Waals surface area contributed by atoms with Crippen molar-refractivity contribution in [1.82, 2.24) is 20.0 Å². The van der Waals surface area contributed by atoms with Gasteiger partial charge in [0.25, 0.3) is 11.5 Å². The van der Waals surface area contributed by atoms with Gasteiger partial charge in [-0.1, -0.05) is 18.2 Å². The van der Waals surface area contributed by atoms with Crippen molar-refractivity contribution in [2.75, 3.05) is 19.6 Å². The van der Waals surface area contributed by atoms with Crippen molar-refractivity contribution >= 4 is 11.8 Å². The molecule has 2 rings (SSSR count). The molecule has 138 valence electrons. The predicted molar refractivity (Wildman–Crippen MR) is 99.3 cm³/mol. The number of benzene rings is 1. The normalized spacial score (nSPS) is 10.4. The van der Waals surface area contributed by atoms with Crippen LogP contribution in [0.4, 0.5) is 0 Å². The summed E-state index contributed by atoms with van der Waals surface area (Å²) in [5, 5.41) is 6.87. The molecule has 0 fully saturated rings. The van der Waals surface area contributed by atoms with E-state index in [9.17, 15) is 14.4 Å². The van der Waals surface area contributed by atoms with Crippen molar-refractivity contribution in [1.29, 1.82) is 0 Å². The van der Waals surface area contributed by atoms with Gasteiger partial charge in [0, 0.05) is 32.1 Å². The number of para-hydroxylation sites is 1. The molecule has 26 heavy (non-hydrogen) atoms. The zero-order chi connectivity index (χ0) is 18.9. The summed E-state index contributed by atoms with van der Waals surface area (Å²) in [6.45, 7) is 5.63. The highest BCUT2D eigenvalue weighted by atomic mass is 16.2. The number of nitrogens with zero attached hydrogens (tertiary/aromatic N) is 3. The molecule has 0 unspecified atom stereocenters. The molecule has 1 heterocycles. The summed E-state index contributed by atoms with van der Waals surface area (Å²) in [6.07, 6.45) is 0.943. The van der Waals surface area contributed by atoms with E-state index in [-0.39, 0.29) is 23.1 Å². The standard InChI is InChI=1S/C19H24N4O3/c1-3-22(4-2)17(24)11-8-14-20-19(26)16-12-13-18(25)23(21-16)15-9-6-5-7-10-15/h5-7,9-10,12-13H,3-4,8,11,14H2,1-2H3,(H,20,26). The van der Waals surface area contributed by atoms with Crippen molar-refractivity contribution in [2.45, 2.75) is 26.7 Å². The van der Waals surface area contributed by atoms with Crippen LogP contribution in [0.25, 0.3) is 5.69 Å². The molecule has 2 amide bonds. The van der Waals surface area contributed by atoms with Gasteiger partial charge >= 0.3 is 0 Å². The third-order valence-corrected chi connectivity index (χ3v) is 4.00. The van der Waals surface area contributed by atoms with Gasteiger partial charge in [-0.25, -0.2) is 0 Å². The van der Waals surface area contributed by atoms with Crippen LogP contribution in [-0.4, -0.2) is 46.1 Å². The van der Waals surface area contributed by atoms with Gasteiger partial charge in [-0.05, 0) is 38.5 Å². The first kappa shape index (κ1) is 19.4. The lowest BCUT2D eigenvalue weighted by atomic mass is 10.2. The van der Waals surface area contributed by atoms with Crippen molar-refractivity contribution in [3.63, 3.8) is 0 Å². The zero-order valence-corrected chi connectivity index (χ0v) is 15.1. The molecule has 0 aliphatic heterocycles. The molecule has 0 aliphatic rings. The maximum atomic E-state index is 12.2. The highest BCUT2D eigenvalue weighted by Gasteiger charge is 2.12. The first-order chi connectivity index (χ1) is 12.6. The maximum Gasteiger partial charge on any atom is 0.271 e. The van der Waals surface area contributed by atoms with Crippen LogP contribution in [0.1, 0.15) is 37.2 Å². The minimum atomic E-state index is -0.370. The fourth-order valence-corrected chi connectivity index (χ4v) is 2.55. The molecule has 0 bridgehead atoms. The van der Waals surface area contributed by atoms with Crippen LogP contribution in [0.5, 0.6) is 0 Å². The van der Waals surface area contributed by atoms with Crippen LogP contribution < -0.4 is 10.9 Å². The van der Waals surface area contributed by atoms with Crippen molar-refractivity contribution in [3.8, 4) is 5.69 Å². The van der Waals surface area contributed by atoms with Crippen molar-refractivity contribution in [2.24, 2.45) is 0 Å². The summed E-state index contributed by atoms with van der Waals surface area (Å²) < 4.78 is 1.19. The molecule has 1 aromatic heterocycles. The van der Waals surface area contributed by atoms with Crippen molar-refractivity contribution in [3.05, 3.63) is 58.5 Å². The zero-order valence-electron chi connectivity index (χ0n) is 15.1. The second kappa shape index (κ2) is 9.50. The van der Waals surface area contributed by atoms with Crippen LogP contribution in [-0.2, 0) is 4.79 Å². The first-order valence-electron chi connectivity index (χ1n) is 8.78. The fourth-order valence-electron chi connectivity index (χ4n) is 2.55. The van der Waals surface area contributed by atoms with Gasteiger partial charge in [0.1, 0.15) is 5.69 Å². The minimum Gasteiger partial charge on any atom is -0.351 e. The molecular weight excluding hydrogens is 332 g/mol. The van der Waals surface area contributed by atoms with Crippen LogP contribution >= 0.6 is 0 Å². The summed E-state index contributed by atoms with van der Waals surface area (Å²) >= 11 is 0. The monoisotopic (exact) mass is 356 g/mol. The van der Waals surface area contributed by atoms with E-state index in [1.165, 1.54) is 16.8 Å². The van der Waals surface area contributed by atoms with Crippen molar-refractivity contribution < 1.29 is 9.59 Å². The summed E-state index contributed by atoms with van der Waals surface area (Å²) in [5.74, 6) is -0.287.